The quantitative estimate of drug-likeness (QED) is 0.428. The van der Waals surface area contributed by atoms with Crippen LogP contribution in [0, 0.1) is 11.2 Å². The van der Waals surface area contributed by atoms with Crippen LogP contribution in [0.25, 0.3) is 5.69 Å². The summed E-state index contributed by atoms with van der Waals surface area (Å²) in [6.45, 7) is 4.12. The van der Waals surface area contributed by atoms with Crippen LogP contribution >= 0.6 is 0 Å². The highest BCUT2D eigenvalue weighted by Crippen LogP contribution is 2.46. The highest BCUT2D eigenvalue weighted by Gasteiger charge is 2.42. The molecule has 3 aliphatic carbocycles. The van der Waals surface area contributed by atoms with Gasteiger partial charge in [-0.2, -0.15) is 0 Å². The molecular formula is C30H39FN4O4. The van der Waals surface area contributed by atoms with Crippen LogP contribution in [0.5, 0.6) is 0 Å². The monoisotopic (exact) mass is 538 g/mol. The van der Waals surface area contributed by atoms with Crippen molar-refractivity contribution >= 4 is 23.3 Å². The summed E-state index contributed by atoms with van der Waals surface area (Å²) in [5.41, 5.74) is 15.7. The average molecular weight is 539 g/mol. The molecule has 0 atom stereocenters. The Morgan fingerprint density at radius 2 is 1.82 bits per heavy atom. The first-order valence-electron chi connectivity index (χ1n) is 14.3. The SMILES string of the molecule is CCC1(CC)CC(=O)c2c3c(n(-c4cc(F)c(C(N)=O)c(N[C@H]5CC[C@H](OC(=O)CN)CC5)c4)c2C1)CCC3. The number of benzene rings is 1. The van der Waals surface area contributed by atoms with Crippen LogP contribution < -0.4 is 16.8 Å². The topological polar surface area (TPSA) is 129 Å². The summed E-state index contributed by atoms with van der Waals surface area (Å²) < 4.78 is 23.1. The summed E-state index contributed by atoms with van der Waals surface area (Å²) in [5, 5.41) is 3.37. The molecule has 0 spiro atoms. The van der Waals surface area contributed by atoms with Crippen molar-refractivity contribution in [3.8, 4) is 5.69 Å². The van der Waals surface area contributed by atoms with E-state index >= 15 is 4.39 Å². The molecule has 0 saturated heterocycles. The van der Waals surface area contributed by atoms with Crippen molar-refractivity contribution in [1.29, 1.82) is 0 Å². The van der Waals surface area contributed by atoms with E-state index < -0.39 is 17.7 Å². The number of esters is 1. The van der Waals surface area contributed by atoms with Crippen LogP contribution in [-0.2, 0) is 28.8 Å². The molecule has 9 heteroatoms. The Labute approximate surface area is 228 Å². The number of carbonyl (C=O) groups is 3. The fraction of sp³-hybridized carbons (Fsp3) is 0.567. The molecule has 5 rings (SSSR count). The maximum absolute atomic E-state index is 15.6. The largest absolute Gasteiger partial charge is 0.461 e. The highest BCUT2D eigenvalue weighted by molar-refractivity contribution is 6.02. The molecule has 8 nitrogen and oxygen atoms in total. The zero-order valence-electron chi connectivity index (χ0n) is 22.9. The van der Waals surface area contributed by atoms with Gasteiger partial charge in [0.2, 0.25) is 0 Å². The van der Waals surface area contributed by atoms with Crippen LogP contribution in [0.15, 0.2) is 12.1 Å². The Bertz CT molecular complexity index is 1300. The molecule has 1 fully saturated rings. The zero-order valence-corrected chi connectivity index (χ0v) is 22.9. The third-order valence-corrected chi connectivity index (χ3v) is 9.25. The molecule has 1 aromatic heterocycles. The second kappa shape index (κ2) is 10.8. The number of aromatic nitrogens is 1. The molecule has 0 unspecified atom stereocenters. The van der Waals surface area contributed by atoms with Crippen molar-refractivity contribution in [2.24, 2.45) is 16.9 Å². The van der Waals surface area contributed by atoms with E-state index in [-0.39, 0.29) is 35.5 Å². The zero-order chi connectivity index (χ0) is 27.9. The van der Waals surface area contributed by atoms with E-state index in [4.69, 9.17) is 16.2 Å². The fourth-order valence-electron chi connectivity index (χ4n) is 6.96. The van der Waals surface area contributed by atoms with Gasteiger partial charge >= 0.3 is 5.97 Å². The van der Waals surface area contributed by atoms with E-state index in [1.54, 1.807) is 6.07 Å². The van der Waals surface area contributed by atoms with E-state index in [1.807, 2.05) is 0 Å². The van der Waals surface area contributed by atoms with E-state index in [0.717, 1.165) is 61.0 Å². The standard InChI is InChI=1S/C30H39FN4O4/c1-3-30(4-2)14-24-27(25(36)15-30)20-6-5-7-23(20)35(24)18-12-21(31)28(29(33)38)22(13-18)34-17-8-10-19(11-9-17)39-26(37)16-32/h12-13,17,19,34H,3-11,14-16,32H2,1-2H3,(H2,33,38)/t17-,19-. The molecule has 0 bridgehead atoms. The molecule has 0 aliphatic heterocycles. The fourth-order valence-corrected chi connectivity index (χ4v) is 6.96. The smallest absolute Gasteiger partial charge is 0.319 e. The molecule has 2 aromatic rings. The highest BCUT2D eigenvalue weighted by atomic mass is 19.1. The molecule has 5 N–H and O–H groups in total. The second-order valence-electron chi connectivity index (χ2n) is 11.4. The number of ether oxygens (including phenoxy) is 1. The summed E-state index contributed by atoms with van der Waals surface area (Å²) in [5.74, 6) is -1.75. The van der Waals surface area contributed by atoms with Crippen LogP contribution in [-0.4, -0.2) is 40.9 Å². The van der Waals surface area contributed by atoms with Gasteiger partial charge in [0, 0.05) is 29.4 Å². The lowest BCUT2D eigenvalue weighted by atomic mass is 9.69. The van der Waals surface area contributed by atoms with Gasteiger partial charge < -0.3 is 26.1 Å². The third kappa shape index (κ3) is 4.97. The number of Topliss-reactive ketones (excluding diaryl/α,β-unsaturated/α-hetero) is 1. The lowest BCUT2D eigenvalue weighted by Crippen LogP contribution is -2.33. The molecule has 39 heavy (non-hydrogen) atoms. The van der Waals surface area contributed by atoms with Crippen molar-refractivity contribution in [3.05, 3.63) is 46.0 Å². The van der Waals surface area contributed by atoms with E-state index in [0.29, 0.717) is 43.5 Å². The van der Waals surface area contributed by atoms with Gasteiger partial charge in [0.25, 0.3) is 5.91 Å². The van der Waals surface area contributed by atoms with Gasteiger partial charge in [-0.05, 0) is 87.3 Å². The molecule has 210 valence electrons. The lowest BCUT2D eigenvalue weighted by molar-refractivity contribution is -0.148. The first-order chi connectivity index (χ1) is 18.7. The van der Waals surface area contributed by atoms with Crippen molar-refractivity contribution in [1.82, 2.24) is 4.57 Å². The van der Waals surface area contributed by atoms with Gasteiger partial charge in [-0.3, -0.25) is 14.4 Å². The van der Waals surface area contributed by atoms with Gasteiger partial charge in [0.15, 0.2) is 5.78 Å². The minimum absolute atomic E-state index is 0.0377. The second-order valence-corrected chi connectivity index (χ2v) is 11.4. The summed E-state index contributed by atoms with van der Waals surface area (Å²) in [4.78, 5) is 37.4. The number of fused-ring (bicyclic) bond motifs is 3. The Hall–Kier alpha value is -3.20. The Kier molecular flexibility index (Phi) is 7.55. The number of nitrogens with two attached hydrogens (primary N) is 2. The predicted octanol–water partition coefficient (Wildman–Crippen LogP) is 4.36. The van der Waals surface area contributed by atoms with Crippen LogP contribution in [0.2, 0.25) is 0 Å². The number of halogens is 1. The number of primary amides is 1. The van der Waals surface area contributed by atoms with E-state index in [9.17, 15) is 14.4 Å². The Morgan fingerprint density at radius 3 is 2.46 bits per heavy atom. The maximum atomic E-state index is 15.6. The molecule has 1 aromatic carbocycles. The average Bonchev–Trinajstić information content (AvgIpc) is 3.49. The number of carbonyl (C=O) groups excluding carboxylic acids is 3. The number of amides is 1. The van der Waals surface area contributed by atoms with Crippen molar-refractivity contribution < 1.29 is 23.5 Å². The minimum atomic E-state index is -0.835. The predicted molar refractivity (Wildman–Crippen MR) is 147 cm³/mol. The van der Waals surface area contributed by atoms with Crippen LogP contribution in [0.1, 0.15) is 103 Å². The van der Waals surface area contributed by atoms with E-state index in [2.05, 4.69) is 23.7 Å². The van der Waals surface area contributed by atoms with Gasteiger partial charge in [0.05, 0.1) is 23.5 Å². The number of nitrogens with one attached hydrogen (secondary N) is 1. The van der Waals surface area contributed by atoms with E-state index in [1.165, 1.54) is 6.07 Å². The van der Waals surface area contributed by atoms with Crippen molar-refractivity contribution in [2.45, 2.75) is 96.6 Å². The first kappa shape index (κ1) is 27.4. The number of anilines is 1. The molecule has 1 amide bonds. The summed E-state index contributed by atoms with van der Waals surface area (Å²) in [6.07, 6.45) is 8.23. The number of nitrogens with zero attached hydrogens (tertiary/aromatic N) is 1. The number of hydrogen-bond acceptors (Lipinski definition) is 6. The van der Waals surface area contributed by atoms with Crippen LogP contribution in [0.4, 0.5) is 10.1 Å². The number of hydrogen-bond donors (Lipinski definition) is 3. The first-order valence-corrected chi connectivity index (χ1v) is 14.3. The van der Waals surface area contributed by atoms with Gasteiger partial charge in [-0.15, -0.1) is 0 Å². The molecule has 3 aliphatic rings. The molecule has 1 saturated carbocycles. The minimum Gasteiger partial charge on any atom is -0.461 e. The summed E-state index contributed by atoms with van der Waals surface area (Å²) in [7, 11) is 0. The number of ketones is 1. The molecule has 1 heterocycles. The van der Waals surface area contributed by atoms with Crippen molar-refractivity contribution in [3.63, 3.8) is 0 Å². The Morgan fingerprint density at radius 1 is 1.10 bits per heavy atom. The normalized spacial score (nSPS) is 21.8. The maximum Gasteiger partial charge on any atom is 0.319 e. The molecular weight excluding hydrogens is 499 g/mol. The lowest BCUT2D eigenvalue weighted by Gasteiger charge is -2.36. The third-order valence-electron chi connectivity index (χ3n) is 9.25. The summed E-state index contributed by atoms with van der Waals surface area (Å²) >= 11 is 0. The van der Waals surface area contributed by atoms with Crippen LogP contribution in [0.3, 0.4) is 0 Å². The molecule has 0 radical (unpaired) electrons. The summed E-state index contributed by atoms with van der Waals surface area (Å²) in [6, 6.07) is 3.15. The van der Waals surface area contributed by atoms with Gasteiger partial charge in [-0.25, -0.2) is 4.39 Å². The number of rotatable bonds is 8. The van der Waals surface area contributed by atoms with Gasteiger partial charge in [0.1, 0.15) is 11.9 Å². The van der Waals surface area contributed by atoms with Gasteiger partial charge in [-0.1, -0.05) is 13.8 Å². The van der Waals surface area contributed by atoms with Crippen molar-refractivity contribution in [2.75, 3.05) is 11.9 Å². The Balaban J connectivity index is 1.52.